The molecule has 0 atom stereocenters. The van der Waals surface area contributed by atoms with Crippen molar-refractivity contribution in [3.05, 3.63) is 110 Å². The topological polar surface area (TPSA) is 131 Å². The number of nitriles is 1. The molecule has 1 amide bonds. The Kier molecular flexibility index (Phi) is 9.06. The number of rotatable bonds is 6. The summed E-state index contributed by atoms with van der Waals surface area (Å²) in [5, 5.41) is 10.3. The fraction of sp³-hybridized carbons (Fsp3) is 0.375. The van der Waals surface area contributed by atoms with Crippen LogP contribution in [0.5, 0.6) is 0 Å². The highest BCUT2D eigenvalue weighted by atomic mass is 35.5. The van der Waals surface area contributed by atoms with Gasteiger partial charge in [-0.25, -0.2) is 24.1 Å². The Morgan fingerprint density at radius 3 is 2.56 bits per heavy atom. The Balaban J connectivity index is 1.08. The fourth-order valence-electron chi connectivity index (χ4n) is 8.14. The number of hydrogen-bond donors (Lipinski definition) is 0. The summed E-state index contributed by atoms with van der Waals surface area (Å²) in [5.41, 5.74) is 5.62. The summed E-state index contributed by atoms with van der Waals surface area (Å²) >= 11 is 6.35. The molecule has 0 radical (unpaired) electrons. The van der Waals surface area contributed by atoms with Crippen molar-refractivity contribution in [2.75, 3.05) is 26.2 Å². The number of carbonyl (C=O) groups is 1. The van der Waals surface area contributed by atoms with Crippen molar-refractivity contribution < 1.29 is 9.18 Å². The number of halogens is 2. The third-order valence-corrected chi connectivity index (χ3v) is 10.7. The molecular formula is C40H40ClFN10O2. The van der Waals surface area contributed by atoms with Crippen molar-refractivity contribution in [3.8, 4) is 11.8 Å². The number of pyridine rings is 2. The minimum Gasteiger partial charge on any atom is -0.331 e. The fourth-order valence-corrected chi connectivity index (χ4v) is 8.35. The zero-order valence-electron chi connectivity index (χ0n) is 30.7. The van der Waals surface area contributed by atoms with Crippen LogP contribution in [0.2, 0.25) is 5.28 Å². The van der Waals surface area contributed by atoms with Gasteiger partial charge in [-0.1, -0.05) is 26.8 Å². The van der Waals surface area contributed by atoms with E-state index in [0.717, 1.165) is 49.1 Å². The van der Waals surface area contributed by atoms with Gasteiger partial charge < -0.3 is 14.4 Å². The number of aromatic nitrogens is 7. The molecule has 0 unspecified atom stereocenters. The minimum absolute atomic E-state index is 0.0557. The number of aryl methyl sites for hydroxylation is 1. The Hall–Kier alpha value is -5.45. The lowest BCUT2D eigenvalue weighted by Crippen LogP contribution is -2.41. The molecule has 0 spiro atoms. The van der Waals surface area contributed by atoms with Gasteiger partial charge in [-0.05, 0) is 85.2 Å². The van der Waals surface area contributed by atoms with Crippen LogP contribution >= 0.6 is 11.6 Å². The van der Waals surface area contributed by atoms with Crippen molar-refractivity contribution in [1.29, 1.82) is 5.26 Å². The molecule has 0 bridgehead atoms. The van der Waals surface area contributed by atoms with Crippen LogP contribution in [0.1, 0.15) is 78.2 Å². The van der Waals surface area contributed by atoms with Crippen LogP contribution in [0.3, 0.4) is 0 Å². The first kappa shape index (κ1) is 35.6. The van der Waals surface area contributed by atoms with Crippen molar-refractivity contribution in [3.63, 3.8) is 0 Å². The Bertz CT molecular complexity index is 2540. The Morgan fingerprint density at radius 2 is 1.85 bits per heavy atom. The zero-order valence-corrected chi connectivity index (χ0v) is 31.4. The largest absolute Gasteiger partial charge is 0.335 e. The van der Waals surface area contributed by atoms with Crippen LogP contribution in [0.4, 0.5) is 4.39 Å². The zero-order chi connectivity index (χ0) is 37.9. The average Bonchev–Trinajstić information content (AvgIpc) is 3.62. The summed E-state index contributed by atoms with van der Waals surface area (Å²) < 4.78 is 20.3. The number of amides is 1. The molecule has 7 heterocycles. The number of nitrogens with zero attached hydrogens (tertiary/aromatic N) is 10. The second-order valence-corrected chi connectivity index (χ2v) is 15.8. The smallest absolute Gasteiger partial charge is 0.331 e. The summed E-state index contributed by atoms with van der Waals surface area (Å²) in [7, 11) is 0. The van der Waals surface area contributed by atoms with Gasteiger partial charge in [-0.15, -0.1) is 0 Å². The first-order valence-corrected chi connectivity index (χ1v) is 18.6. The van der Waals surface area contributed by atoms with E-state index in [-0.39, 0.29) is 52.7 Å². The lowest BCUT2D eigenvalue weighted by molar-refractivity contribution is 0.0724. The predicted molar refractivity (Wildman–Crippen MR) is 203 cm³/mol. The van der Waals surface area contributed by atoms with Crippen LogP contribution in [0.15, 0.2) is 59.7 Å². The molecule has 1 fully saturated rings. The maximum atomic E-state index is 15.1. The molecule has 1 saturated heterocycles. The molecule has 12 nitrogen and oxygen atoms in total. The van der Waals surface area contributed by atoms with E-state index in [1.165, 1.54) is 6.07 Å². The van der Waals surface area contributed by atoms with E-state index in [2.05, 4.69) is 45.6 Å². The number of piperidine rings is 1. The monoisotopic (exact) mass is 746 g/mol. The number of fused-ring (bicyclic) bond motifs is 4. The lowest BCUT2D eigenvalue weighted by atomic mass is 9.94. The van der Waals surface area contributed by atoms with Gasteiger partial charge in [-0.2, -0.15) is 10.2 Å². The van der Waals surface area contributed by atoms with Crippen LogP contribution < -0.4 is 5.69 Å². The maximum Gasteiger partial charge on any atom is 0.335 e. The minimum atomic E-state index is -0.470. The van der Waals surface area contributed by atoms with Crippen LogP contribution in [0, 0.1) is 29.5 Å². The molecule has 0 saturated carbocycles. The van der Waals surface area contributed by atoms with Crippen molar-refractivity contribution in [2.24, 2.45) is 5.41 Å². The highest BCUT2D eigenvalue weighted by Crippen LogP contribution is 2.33. The van der Waals surface area contributed by atoms with Crippen molar-refractivity contribution in [2.45, 2.75) is 66.1 Å². The maximum absolute atomic E-state index is 15.1. The van der Waals surface area contributed by atoms with Crippen LogP contribution in [-0.2, 0) is 19.5 Å². The third kappa shape index (κ3) is 6.43. The number of benzene rings is 1. The van der Waals surface area contributed by atoms with Gasteiger partial charge in [-0.3, -0.25) is 13.9 Å². The lowest BCUT2D eigenvalue weighted by Gasteiger charge is -2.36. The number of carbonyl (C=O) groups excluding carboxylic acids is 1. The van der Waals surface area contributed by atoms with E-state index in [1.807, 2.05) is 29.7 Å². The van der Waals surface area contributed by atoms with E-state index in [4.69, 9.17) is 11.6 Å². The van der Waals surface area contributed by atoms with Crippen molar-refractivity contribution >= 4 is 39.7 Å². The first-order valence-electron chi connectivity index (χ1n) is 18.2. The van der Waals surface area contributed by atoms with Gasteiger partial charge in [0.1, 0.15) is 22.7 Å². The highest BCUT2D eigenvalue weighted by Gasteiger charge is 2.31. The Morgan fingerprint density at radius 1 is 1.06 bits per heavy atom. The SMILES string of the molecule is Cc1nc(Cl)nc2c1n(-c1ccc(C(=O)N3CCc4c(n(Cc5ccc(C#N)cc5F)c5ncccc45)C3)nc1)c(=O)n2C1CCN(CC(C)(C)C)CC1. The van der Waals surface area contributed by atoms with E-state index in [0.29, 0.717) is 46.7 Å². The van der Waals surface area contributed by atoms with Gasteiger partial charge in [0.05, 0.1) is 42.3 Å². The summed E-state index contributed by atoms with van der Waals surface area (Å²) in [6, 6.07) is 13.6. The summed E-state index contributed by atoms with van der Waals surface area (Å²) in [4.78, 5) is 50.6. The molecular weight excluding hydrogens is 707 g/mol. The predicted octanol–water partition coefficient (Wildman–Crippen LogP) is 6.23. The molecule has 2 aliphatic rings. The molecule has 5 aromatic heterocycles. The van der Waals surface area contributed by atoms with Gasteiger partial charge >= 0.3 is 5.69 Å². The molecule has 6 aromatic rings. The standard InChI is InChI=1S/C40H40ClFN10O2/c1-24-34-36(47-38(41)46-24)52(27-11-15-48(16-12-27)23-40(2,3)4)39(54)51(34)28-9-10-32(45-20-28)37(53)49-17-13-29-30-6-5-14-44-35(30)50(33(29)22-49)21-26-8-7-25(19-43)18-31(26)42/h5-10,14,18,20,27H,11-13,15-17,21-23H2,1-4H3. The molecule has 276 valence electrons. The van der Waals surface area contributed by atoms with E-state index in [1.54, 1.807) is 50.7 Å². The van der Waals surface area contributed by atoms with Crippen LogP contribution in [0.25, 0.3) is 27.9 Å². The molecule has 54 heavy (non-hydrogen) atoms. The summed E-state index contributed by atoms with van der Waals surface area (Å²) in [5.74, 6) is -0.730. The normalized spacial score (nSPS) is 15.5. The quantitative estimate of drug-likeness (QED) is 0.184. The molecule has 1 aromatic carbocycles. The average molecular weight is 747 g/mol. The third-order valence-electron chi connectivity index (χ3n) is 10.5. The number of likely N-dealkylation sites (tertiary alicyclic amines) is 1. The second kappa shape index (κ2) is 13.8. The van der Waals surface area contributed by atoms with Crippen LogP contribution in [-0.4, -0.2) is 75.5 Å². The molecule has 0 N–H and O–H groups in total. The molecule has 14 heteroatoms. The van der Waals surface area contributed by atoms with Crippen molar-refractivity contribution in [1.82, 2.24) is 43.4 Å². The molecule has 8 rings (SSSR count). The van der Waals surface area contributed by atoms with Gasteiger partial charge in [0.2, 0.25) is 5.28 Å². The highest BCUT2D eigenvalue weighted by molar-refractivity contribution is 6.28. The van der Waals surface area contributed by atoms with Gasteiger partial charge in [0.15, 0.2) is 5.65 Å². The van der Waals surface area contributed by atoms with Gasteiger partial charge in [0, 0.05) is 55.1 Å². The first-order chi connectivity index (χ1) is 25.9. The number of imidazole rings is 1. The number of hydrogen-bond acceptors (Lipinski definition) is 8. The second-order valence-electron chi connectivity index (χ2n) is 15.5. The Labute approximate surface area is 316 Å². The van der Waals surface area contributed by atoms with E-state index in [9.17, 15) is 14.9 Å². The van der Waals surface area contributed by atoms with E-state index < -0.39 is 5.82 Å². The van der Waals surface area contributed by atoms with Gasteiger partial charge in [0.25, 0.3) is 5.91 Å². The summed E-state index contributed by atoms with van der Waals surface area (Å²) in [6.07, 6.45) is 5.45. The van der Waals surface area contributed by atoms with E-state index >= 15 is 4.39 Å². The molecule has 0 aliphatic carbocycles. The summed E-state index contributed by atoms with van der Waals surface area (Å²) in [6.45, 7) is 12.2. The molecule has 2 aliphatic heterocycles.